The van der Waals surface area contributed by atoms with Crippen molar-refractivity contribution in [2.45, 2.75) is 25.9 Å². The summed E-state index contributed by atoms with van der Waals surface area (Å²) in [4.78, 5) is 11.7. The van der Waals surface area contributed by atoms with Gasteiger partial charge in [-0.2, -0.15) is 0 Å². The van der Waals surface area contributed by atoms with Crippen molar-refractivity contribution in [3.8, 4) is 16.9 Å². The van der Waals surface area contributed by atoms with Gasteiger partial charge >= 0.3 is 5.97 Å². The number of thiophene rings is 1. The molecule has 0 fully saturated rings. The molecular formula is C19H14F2O3S. The molecule has 3 aromatic rings. The minimum atomic E-state index is -1.11. The fourth-order valence-electron chi connectivity index (χ4n) is 3.24. The SMILES string of the molecule is CC1CCc2cc(-c3c(C(=O)O)sc4cc(F)ccc34)cc(F)c2O1. The van der Waals surface area contributed by atoms with Crippen LogP contribution >= 0.6 is 11.3 Å². The lowest BCUT2D eigenvalue weighted by Gasteiger charge is -2.24. The highest BCUT2D eigenvalue weighted by molar-refractivity contribution is 7.21. The zero-order valence-corrected chi connectivity index (χ0v) is 14.1. The number of aryl methyl sites for hydroxylation is 1. The van der Waals surface area contributed by atoms with E-state index in [-0.39, 0.29) is 16.7 Å². The van der Waals surface area contributed by atoms with Gasteiger partial charge in [0, 0.05) is 15.6 Å². The Morgan fingerprint density at radius 1 is 1.28 bits per heavy atom. The average molecular weight is 360 g/mol. The average Bonchev–Trinajstić information content (AvgIpc) is 2.94. The van der Waals surface area contributed by atoms with Crippen LogP contribution in [-0.2, 0) is 6.42 Å². The topological polar surface area (TPSA) is 46.5 Å². The first-order valence-electron chi connectivity index (χ1n) is 7.89. The highest BCUT2D eigenvalue weighted by Gasteiger charge is 2.25. The van der Waals surface area contributed by atoms with Crippen LogP contribution in [0.1, 0.15) is 28.6 Å². The number of halogens is 2. The first-order valence-corrected chi connectivity index (χ1v) is 8.70. The van der Waals surface area contributed by atoms with E-state index in [2.05, 4.69) is 0 Å². The van der Waals surface area contributed by atoms with Crippen molar-refractivity contribution in [1.82, 2.24) is 0 Å². The van der Waals surface area contributed by atoms with Crippen molar-refractivity contribution in [2.75, 3.05) is 0 Å². The zero-order valence-electron chi connectivity index (χ0n) is 13.3. The molecule has 1 unspecified atom stereocenters. The Morgan fingerprint density at radius 2 is 2.08 bits per heavy atom. The van der Waals surface area contributed by atoms with Crippen LogP contribution in [0.4, 0.5) is 8.78 Å². The van der Waals surface area contributed by atoms with E-state index in [1.54, 1.807) is 12.1 Å². The number of carboxylic acids is 1. The maximum Gasteiger partial charge on any atom is 0.346 e. The molecule has 0 saturated heterocycles. The number of benzene rings is 2. The van der Waals surface area contributed by atoms with Crippen LogP contribution in [0.5, 0.6) is 5.75 Å². The van der Waals surface area contributed by atoms with E-state index in [0.29, 0.717) is 27.6 Å². The second kappa shape index (κ2) is 5.81. The Kier molecular flexibility index (Phi) is 3.72. The van der Waals surface area contributed by atoms with E-state index < -0.39 is 17.6 Å². The second-order valence-corrected chi connectivity index (χ2v) is 7.22. The van der Waals surface area contributed by atoms with Gasteiger partial charge < -0.3 is 9.84 Å². The molecular weight excluding hydrogens is 346 g/mol. The number of carboxylic acid groups (broad SMARTS) is 1. The molecule has 6 heteroatoms. The predicted octanol–water partition coefficient (Wildman–Crippen LogP) is 5.26. The monoisotopic (exact) mass is 360 g/mol. The fourth-order valence-corrected chi connectivity index (χ4v) is 4.33. The Morgan fingerprint density at radius 3 is 2.84 bits per heavy atom. The summed E-state index contributed by atoms with van der Waals surface area (Å²) in [5, 5.41) is 10.1. The first kappa shape index (κ1) is 16.0. The number of hydrogen-bond acceptors (Lipinski definition) is 3. The maximum absolute atomic E-state index is 14.6. The predicted molar refractivity (Wildman–Crippen MR) is 92.5 cm³/mol. The van der Waals surface area contributed by atoms with Gasteiger partial charge in [0.2, 0.25) is 0 Å². The molecule has 3 nitrogen and oxygen atoms in total. The third kappa shape index (κ3) is 2.66. The van der Waals surface area contributed by atoms with E-state index in [1.165, 1.54) is 18.2 Å². The molecule has 4 rings (SSSR count). The third-order valence-corrected chi connectivity index (χ3v) is 5.54. The lowest BCUT2D eigenvalue weighted by molar-refractivity contribution is 0.0703. The molecule has 0 amide bonds. The number of rotatable bonds is 2. The van der Waals surface area contributed by atoms with Gasteiger partial charge in [-0.05, 0) is 61.2 Å². The molecule has 1 N–H and O–H groups in total. The van der Waals surface area contributed by atoms with Crippen molar-refractivity contribution in [1.29, 1.82) is 0 Å². The van der Waals surface area contributed by atoms with Gasteiger partial charge in [-0.15, -0.1) is 11.3 Å². The van der Waals surface area contributed by atoms with E-state index in [1.807, 2.05) is 6.92 Å². The van der Waals surface area contributed by atoms with Gasteiger partial charge in [-0.1, -0.05) is 0 Å². The number of carbonyl (C=O) groups is 1. The molecule has 2 heterocycles. The fraction of sp³-hybridized carbons (Fsp3) is 0.211. The molecule has 25 heavy (non-hydrogen) atoms. The smallest absolute Gasteiger partial charge is 0.346 e. The summed E-state index contributed by atoms with van der Waals surface area (Å²) in [5.41, 5.74) is 1.63. The van der Waals surface area contributed by atoms with Crippen LogP contribution < -0.4 is 4.74 Å². The molecule has 1 aliphatic heterocycles. The van der Waals surface area contributed by atoms with Gasteiger partial charge in [0.15, 0.2) is 11.6 Å². The molecule has 2 aromatic carbocycles. The van der Waals surface area contributed by atoms with Crippen molar-refractivity contribution in [3.05, 3.63) is 52.4 Å². The highest BCUT2D eigenvalue weighted by Crippen LogP contribution is 2.42. The van der Waals surface area contributed by atoms with Crippen LogP contribution in [0.3, 0.4) is 0 Å². The number of hydrogen-bond donors (Lipinski definition) is 1. The molecule has 0 radical (unpaired) electrons. The minimum absolute atomic E-state index is 0.0487. The third-order valence-electron chi connectivity index (χ3n) is 4.39. The molecule has 0 spiro atoms. The molecule has 1 aliphatic rings. The number of ether oxygens (including phenoxy) is 1. The quantitative estimate of drug-likeness (QED) is 0.678. The highest BCUT2D eigenvalue weighted by atomic mass is 32.1. The largest absolute Gasteiger partial charge is 0.487 e. The van der Waals surface area contributed by atoms with Crippen molar-refractivity contribution in [2.24, 2.45) is 0 Å². The van der Waals surface area contributed by atoms with Gasteiger partial charge in [-0.3, -0.25) is 0 Å². The van der Waals surface area contributed by atoms with Crippen molar-refractivity contribution < 1.29 is 23.4 Å². The van der Waals surface area contributed by atoms with Gasteiger partial charge in [-0.25, -0.2) is 13.6 Å². The Bertz CT molecular complexity index is 1010. The Hall–Kier alpha value is -2.47. The molecule has 1 atom stereocenters. The number of aromatic carboxylic acids is 1. The molecule has 128 valence electrons. The summed E-state index contributed by atoms with van der Waals surface area (Å²) in [7, 11) is 0. The molecule has 1 aromatic heterocycles. The number of fused-ring (bicyclic) bond motifs is 2. The van der Waals surface area contributed by atoms with Gasteiger partial charge in [0.05, 0.1) is 6.10 Å². The molecule has 0 bridgehead atoms. The standard InChI is InChI=1S/C19H14F2O3S/c1-9-2-3-10-6-11(7-14(21)17(10)24-9)16-13-5-4-12(20)8-15(13)25-18(16)19(22)23/h4-9H,2-3H2,1H3,(H,22,23). The van der Waals surface area contributed by atoms with Crippen molar-refractivity contribution >= 4 is 27.4 Å². The van der Waals surface area contributed by atoms with Crippen LogP contribution in [0, 0.1) is 11.6 Å². The van der Waals surface area contributed by atoms with Crippen LogP contribution in [0.25, 0.3) is 21.2 Å². The summed E-state index contributed by atoms with van der Waals surface area (Å²) in [6.45, 7) is 1.89. The maximum atomic E-state index is 14.6. The van der Waals surface area contributed by atoms with E-state index in [4.69, 9.17) is 4.74 Å². The van der Waals surface area contributed by atoms with Crippen LogP contribution in [0.15, 0.2) is 30.3 Å². The zero-order chi connectivity index (χ0) is 17.7. The summed E-state index contributed by atoms with van der Waals surface area (Å²) >= 11 is 0.991. The second-order valence-electron chi connectivity index (χ2n) is 6.17. The lowest BCUT2D eigenvalue weighted by atomic mass is 9.95. The van der Waals surface area contributed by atoms with Crippen molar-refractivity contribution in [3.63, 3.8) is 0 Å². The minimum Gasteiger partial charge on any atom is -0.487 e. The van der Waals surface area contributed by atoms with Gasteiger partial charge in [0.1, 0.15) is 10.7 Å². The van der Waals surface area contributed by atoms with Gasteiger partial charge in [0.25, 0.3) is 0 Å². The summed E-state index contributed by atoms with van der Waals surface area (Å²) in [5.74, 6) is -1.81. The molecule has 0 aliphatic carbocycles. The summed E-state index contributed by atoms with van der Waals surface area (Å²) in [6.07, 6.45) is 1.39. The summed E-state index contributed by atoms with van der Waals surface area (Å²) in [6, 6.07) is 7.20. The molecule has 0 saturated carbocycles. The Labute approximate surface area is 146 Å². The summed E-state index contributed by atoms with van der Waals surface area (Å²) < 4.78 is 34.2. The van der Waals surface area contributed by atoms with E-state index in [0.717, 1.165) is 23.3 Å². The Balaban J connectivity index is 1.97. The van der Waals surface area contributed by atoms with E-state index in [9.17, 15) is 18.7 Å². The van der Waals surface area contributed by atoms with Crippen LogP contribution in [-0.4, -0.2) is 17.2 Å². The normalized spacial score (nSPS) is 16.5. The lowest BCUT2D eigenvalue weighted by Crippen LogP contribution is -2.19. The van der Waals surface area contributed by atoms with Crippen LogP contribution in [0.2, 0.25) is 0 Å². The first-order chi connectivity index (χ1) is 11.9. The van der Waals surface area contributed by atoms with E-state index >= 15 is 0 Å².